The number of hydrogen-bond donors (Lipinski definition) is 0. The first-order chi connectivity index (χ1) is 17.0. The molecule has 0 heterocycles. The maximum Gasteiger partial charge on any atom is 0.319 e. The van der Waals surface area contributed by atoms with E-state index in [-0.39, 0.29) is 52.6 Å². The van der Waals surface area contributed by atoms with Gasteiger partial charge in [-0.2, -0.15) is 0 Å². The molecule has 0 spiro atoms. The van der Waals surface area contributed by atoms with Crippen LogP contribution in [0, 0.1) is 0 Å². The number of rotatable bonds is 18. The Morgan fingerprint density at radius 1 is 0.622 bits per heavy atom. The summed E-state index contributed by atoms with van der Waals surface area (Å²) in [5.41, 5.74) is 0. The number of likely N-dealkylation sites (N-methyl/N-ethyl adjacent to an activating group) is 1. The molecule has 0 aromatic carbocycles. The van der Waals surface area contributed by atoms with Crippen molar-refractivity contribution in [2.45, 2.75) is 33.7 Å². The second kappa shape index (κ2) is 20.3. The highest BCUT2D eigenvalue weighted by Gasteiger charge is 2.26. The highest BCUT2D eigenvalue weighted by molar-refractivity contribution is 5.81. The smallest absolute Gasteiger partial charge is 0.319 e. The number of carbonyl (C=O) groups excluding carboxylic acids is 5. The third-order valence-corrected chi connectivity index (χ3v) is 5.57. The molecule has 0 saturated carbocycles. The van der Waals surface area contributed by atoms with Crippen molar-refractivity contribution in [3.63, 3.8) is 0 Å². The molecule has 0 aliphatic heterocycles. The molecule has 13 heteroatoms. The molecule has 0 radical (unpaired) electrons. The van der Waals surface area contributed by atoms with Crippen LogP contribution in [0.3, 0.4) is 0 Å². The number of esters is 4. The van der Waals surface area contributed by atoms with E-state index in [2.05, 4.69) is 0 Å². The van der Waals surface area contributed by atoms with Crippen molar-refractivity contribution in [1.29, 1.82) is 0 Å². The lowest BCUT2D eigenvalue weighted by Crippen LogP contribution is -2.51. The van der Waals surface area contributed by atoms with Gasteiger partial charge >= 0.3 is 23.9 Å². The largest absolute Gasteiger partial charge is 0.468 e. The van der Waals surface area contributed by atoms with Crippen molar-refractivity contribution in [3.8, 4) is 0 Å². The quantitative estimate of drug-likeness (QED) is 0.165. The Morgan fingerprint density at radius 3 is 1.22 bits per heavy atom. The van der Waals surface area contributed by atoms with E-state index in [0.717, 1.165) is 6.42 Å². The summed E-state index contributed by atoms with van der Waals surface area (Å²) in [4.78, 5) is 67.0. The second-order valence-corrected chi connectivity index (χ2v) is 8.20. The van der Waals surface area contributed by atoms with Gasteiger partial charge in [0.25, 0.3) is 0 Å². The van der Waals surface area contributed by atoms with Crippen molar-refractivity contribution in [3.05, 3.63) is 0 Å². The Morgan fingerprint density at radius 2 is 0.946 bits per heavy atom. The van der Waals surface area contributed by atoms with E-state index in [0.29, 0.717) is 19.6 Å². The van der Waals surface area contributed by atoms with Crippen molar-refractivity contribution >= 4 is 29.8 Å². The summed E-state index contributed by atoms with van der Waals surface area (Å²) in [7, 11) is 6.75. The molecular formula is C24H46N4O9. The van der Waals surface area contributed by atoms with Crippen LogP contribution in [0.5, 0.6) is 0 Å². The topological polar surface area (TPSA) is 135 Å². The van der Waals surface area contributed by atoms with Crippen LogP contribution >= 0.6 is 0 Å². The van der Waals surface area contributed by atoms with Crippen LogP contribution in [0.2, 0.25) is 0 Å². The SMILES string of the molecule is C.CCCN(C)C(=O)C(C)N(CCN(CC(=O)OC)CC(=O)OC)CCN(CC(=O)OC)CC(=O)OC. The lowest BCUT2D eigenvalue weighted by molar-refractivity contribution is -0.147. The standard InChI is InChI=1S/C23H42N4O9.CH4/c1-8-9-24(3)23(32)18(2)27(12-10-25(14-19(28)33-4)15-20(29)34-5)13-11-26(16-21(30)35-6)17-22(31)36-7;/h18H,8-17H2,1-7H3;1H4. The second-order valence-electron chi connectivity index (χ2n) is 8.20. The zero-order chi connectivity index (χ0) is 27.7. The van der Waals surface area contributed by atoms with Crippen LogP contribution in [0.1, 0.15) is 27.7 Å². The molecule has 0 aromatic heterocycles. The number of ether oxygens (including phenoxy) is 4. The minimum Gasteiger partial charge on any atom is -0.468 e. The molecule has 13 nitrogen and oxygen atoms in total. The van der Waals surface area contributed by atoms with Crippen molar-refractivity contribution < 1.29 is 42.9 Å². The third-order valence-electron chi connectivity index (χ3n) is 5.57. The van der Waals surface area contributed by atoms with Gasteiger partial charge in [-0.1, -0.05) is 14.4 Å². The summed E-state index contributed by atoms with van der Waals surface area (Å²) in [6, 6.07) is -0.544. The maximum atomic E-state index is 13.0. The molecule has 1 unspecified atom stereocenters. The van der Waals surface area contributed by atoms with Crippen LogP contribution in [-0.2, 0) is 42.9 Å². The Hall–Kier alpha value is -2.77. The normalized spacial score (nSPS) is 11.5. The molecule has 0 saturated heterocycles. The summed E-state index contributed by atoms with van der Waals surface area (Å²) in [5, 5.41) is 0. The highest BCUT2D eigenvalue weighted by atomic mass is 16.5. The molecule has 0 fully saturated rings. The van der Waals surface area contributed by atoms with Gasteiger partial charge in [-0.3, -0.25) is 38.7 Å². The van der Waals surface area contributed by atoms with Gasteiger partial charge in [0.05, 0.1) is 60.7 Å². The van der Waals surface area contributed by atoms with Crippen molar-refractivity contribution in [1.82, 2.24) is 19.6 Å². The van der Waals surface area contributed by atoms with Gasteiger partial charge in [0.2, 0.25) is 5.91 Å². The van der Waals surface area contributed by atoms with E-state index in [1.54, 1.807) is 28.7 Å². The zero-order valence-electron chi connectivity index (χ0n) is 22.6. The summed E-state index contributed by atoms with van der Waals surface area (Å²) in [6.07, 6.45) is 0.799. The van der Waals surface area contributed by atoms with Gasteiger partial charge in [-0.05, 0) is 13.3 Å². The molecule has 0 bridgehead atoms. The Balaban J connectivity index is 0. The minimum atomic E-state index is -0.544. The first-order valence-electron chi connectivity index (χ1n) is 11.7. The number of hydrogen-bond acceptors (Lipinski definition) is 12. The molecule has 216 valence electrons. The van der Waals surface area contributed by atoms with Crippen molar-refractivity contribution in [2.75, 3.05) is 94.4 Å². The van der Waals surface area contributed by atoms with Crippen LogP contribution in [0.15, 0.2) is 0 Å². The molecule has 0 N–H and O–H groups in total. The molecule has 0 rings (SSSR count). The lowest BCUT2D eigenvalue weighted by Gasteiger charge is -2.34. The van der Waals surface area contributed by atoms with E-state index in [1.807, 2.05) is 11.8 Å². The monoisotopic (exact) mass is 534 g/mol. The first kappa shape index (κ1) is 36.4. The van der Waals surface area contributed by atoms with Gasteiger partial charge in [0.1, 0.15) is 0 Å². The van der Waals surface area contributed by atoms with E-state index in [9.17, 15) is 24.0 Å². The van der Waals surface area contributed by atoms with Crippen LogP contribution in [0.4, 0.5) is 0 Å². The number of carbonyl (C=O) groups is 5. The summed E-state index contributed by atoms with van der Waals surface area (Å²) in [5.74, 6) is -2.16. The van der Waals surface area contributed by atoms with E-state index in [1.165, 1.54) is 28.4 Å². The molecule has 1 amide bonds. The number of methoxy groups -OCH3 is 4. The lowest BCUT2D eigenvalue weighted by atomic mass is 10.2. The van der Waals surface area contributed by atoms with Crippen LogP contribution < -0.4 is 0 Å². The van der Waals surface area contributed by atoms with Gasteiger partial charge in [0.15, 0.2) is 0 Å². The average Bonchev–Trinajstić information content (AvgIpc) is 2.86. The predicted molar refractivity (Wildman–Crippen MR) is 137 cm³/mol. The van der Waals surface area contributed by atoms with Crippen LogP contribution in [-0.4, -0.2) is 150 Å². The van der Waals surface area contributed by atoms with E-state index in [4.69, 9.17) is 18.9 Å². The molecule has 0 aliphatic carbocycles. The van der Waals surface area contributed by atoms with Gasteiger partial charge in [-0.15, -0.1) is 0 Å². The zero-order valence-corrected chi connectivity index (χ0v) is 22.6. The van der Waals surface area contributed by atoms with Crippen LogP contribution in [0.25, 0.3) is 0 Å². The average molecular weight is 535 g/mol. The molecule has 0 aromatic rings. The maximum absolute atomic E-state index is 13.0. The highest BCUT2D eigenvalue weighted by Crippen LogP contribution is 2.07. The van der Waals surface area contributed by atoms with E-state index < -0.39 is 29.9 Å². The number of nitrogens with zero attached hydrogens (tertiary/aromatic N) is 4. The molecular weight excluding hydrogens is 488 g/mol. The first-order valence-corrected chi connectivity index (χ1v) is 11.7. The predicted octanol–water partition coefficient (Wildman–Crippen LogP) is -0.523. The molecule has 37 heavy (non-hydrogen) atoms. The Labute approximate surface area is 220 Å². The third kappa shape index (κ3) is 15.2. The van der Waals surface area contributed by atoms with Gasteiger partial charge < -0.3 is 23.8 Å². The van der Waals surface area contributed by atoms with Crippen molar-refractivity contribution in [2.24, 2.45) is 0 Å². The fourth-order valence-electron chi connectivity index (χ4n) is 3.38. The summed E-state index contributed by atoms with van der Waals surface area (Å²) in [6.45, 7) is 4.94. The van der Waals surface area contributed by atoms with Gasteiger partial charge in [0, 0.05) is 39.8 Å². The Kier molecular flexibility index (Phi) is 20.0. The summed E-state index contributed by atoms with van der Waals surface area (Å²) >= 11 is 0. The molecule has 0 aliphatic rings. The Bertz CT molecular complexity index is 640. The number of amides is 1. The minimum absolute atomic E-state index is 0. The molecule has 1 atom stereocenters. The fourth-order valence-corrected chi connectivity index (χ4v) is 3.38. The van der Waals surface area contributed by atoms with Gasteiger partial charge in [-0.25, -0.2) is 0 Å². The fraction of sp³-hybridized carbons (Fsp3) is 0.792. The summed E-state index contributed by atoms with van der Waals surface area (Å²) < 4.78 is 18.9. The van der Waals surface area contributed by atoms with E-state index >= 15 is 0 Å².